The molecule has 1 aliphatic rings. The zero-order valence-corrected chi connectivity index (χ0v) is 15.1. The van der Waals surface area contributed by atoms with Crippen LogP contribution < -0.4 is 10.1 Å². The molecule has 136 valence electrons. The first-order valence-corrected chi connectivity index (χ1v) is 9.30. The second kappa shape index (κ2) is 8.31. The first-order chi connectivity index (χ1) is 12.5. The summed E-state index contributed by atoms with van der Waals surface area (Å²) in [7, 11) is 0. The molecule has 0 saturated carbocycles. The molecule has 5 nitrogen and oxygen atoms in total. The van der Waals surface area contributed by atoms with Crippen molar-refractivity contribution < 1.29 is 18.7 Å². The standard InChI is InChI=1S/C19H19FN2O3S/c1-2-13-5-6-14(21-17(13)20)9-10-25-15-7-3-12(4-8-15)11-16-18(23)22-19(24)26-16/h3-8,16H,2,9-11H2,1H3,(H,22,23,24). The third kappa shape index (κ3) is 4.60. The molecule has 1 unspecified atom stereocenters. The van der Waals surface area contributed by atoms with Gasteiger partial charge in [0, 0.05) is 17.7 Å². The van der Waals surface area contributed by atoms with Crippen LogP contribution in [-0.4, -0.2) is 28.0 Å². The summed E-state index contributed by atoms with van der Waals surface area (Å²) >= 11 is 1.02. The molecular weight excluding hydrogens is 355 g/mol. The van der Waals surface area contributed by atoms with Crippen molar-refractivity contribution in [1.82, 2.24) is 10.3 Å². The van der Waals surface area contributed by atoms with E-state index < -0.39 is 5.95 Å². The molecule has 1 aliphatic heterocycles. The number of nitrogens with one attached hydrogen (secondary N) is 1. The molecular formula is C19H19FN2O3S. The van der Waals surface area contributed by atoms with E-state index in [-0.39, 0.29) is 16.4 Å². The summed E-state index contributed by atoms with van der Waals surface area (Å²) in [4.78, 5) is 26.7. The number of ether oxygens (including phenoxy) is 1. The molecule has 2 aromatic rings. The lowest BCUT2D eigenvalue weighted by atomic mass is 10.1. The zero-order valence-electron chi connectivity index (χ0n) is 14.3. The van der Waals surface area contributed by atoms with E-state index in [1.54, 1.807) is 6.07 Å². The Morgan fingerprint density at radius 2 is 1.96 bits per heavy atom. The van der Waals surface area contributed by atoms with Crippen LogP contribution in [0.4, 0.5) is 9.18 Å². The molecule has 1 N–H and O–H groups in total. The van der Waals surface area contributed by atoms with Gasteiger partial charge in [-0.05, 0) is 36.6 Å². The van der Waals surface area contributed by atoms with E-state index in [0.717, 1.165) is 17.3 Å². The third-order valence-corrected chi connectivity index (χ3v) is 5.08. The Kier molecular flexibility index (Phi) is 5.88. The van der Waals surface area contributed by atoms with E-state index in [9.17, 15) is 14.0 Å². The molecule has 0 aliphatic carbocycles. The largest absolute Gasteiger partial charge is 0.493 e. The van der Waals surface area contributed by atoms with Crippen LogP contribution in [0.25, 0.3) is 0 Å². The lowest BCUT2D eigenvalue weighted by Crippen LogP contribution is -2.25. The van der Waals surface area contributed by atoms with Gasteiger partial charge in [-0.2, -0.15) is 4.39 Å². The Morgan fingerprint density at radius 1 is 1.19 bits per heavy atom. The average molecular weight is 374 g/mol. The molecule has 0 radical (unpaired) electrons. The number of pyridine rings is 1. The molecule has 2 heterocycles. The summed E-state index contributed by atoms with van der Waals surface area (Å²) in [5.41, 5.74) is 2.23. The number of benzene rings is 1. The first kappa shape index (κ1) is 18.4. The van der Waals surface area contributed by atoms with Crippen molar-refractivity contribution in [1.29, 1.82) is 0 Å². The van der Waals surface area contributed by atoms with Crippen LogP contribution in [0.3, 0.4) is 0 Å². The second-order valence-corrected chi connectivity index (χ2v) is 7.11. The summed E-state index contributed by atoms with van der Waals surface area (Å²) < 4.78 is 19.3. The number of halogens is 1. The molecule has 2 amide bonds. The number of carbonyl (C=O) groups is 2. The van der Waals surface area contributed by atoms with Gasteiger partial charge in [-0.25, -0.2) is 4.98 Å². The van der Waals surface area contributed by atoms with Crippen LogP contribution in [-0.2, 0) is 24.1 Å². The monoisotopic (exact) mass is 374 g/mol. The smallest absolute Gasteiger partial charge is 0.286 e. The van der Waals surface area contributed by atoms with Crippen LogP contribution in [0.2, 0.25) is 0 Å². The van der Waals surface area contributed by atoms with Crippen LogP contribution in [0, 0.1) is 5.95 Å². The van der Waals surface area contributed by atoms with Crippen LogP contribution in [0.15, 0.2) is 36.4 Å². The van der Waals surface area contributed by atoms with E-state index in [2.05, 4.69) is 10.3 Å². The van der Waals surface area contributed by atoms with Crippen LogP contribution in [0.1, 0.15) is 23.7 Å². The Morgan fingerprint density at radius 3 is 2.58 bits per heavy atom. The number of thioether (sulfide) groups is 1. The SMILES string of the molecule is CCc1ccc(CCOc2ccc(CC3SC(=O)NC3=O)cc2)nc1F. The maximum Gasteiger partial charge on any atom is 0.286 e. The van der Waals surface area contributed by atoms with Crippen LogP contribution in [0.5, 0.6) is 5.75 Å². The number of aryl methyl sites for hydroxylation is 1. The van der Waals surface area contributed by atoms with E-state index in [1.165, 1.54) is 0 Å². The minimum Gasteiger partial charge on any atom is -0.493 e. The number of aromatic nitrogens is 1. The van der Waals surface area contributed by atoms with E-state index in [0.29, 0.717) is 42.9 Å². The van der Waals surface area contributed by atoms with Gasteiger partial charge in [-0.1, -0.05) is 36.9 Å². The van der Waals surface area contributed by atoms with Crippen molar-refractivity contribution >= 4 is 22.9 Å². The van der Waals surface area contributed by atoms with Gasteiger partial charge >= 0.3 is 0 Å². The number of hydrogen-bond donors (Lipinski definition) is 1. The molecule has 0 bridgehead atoms. The zero-order chi connectivity index (χ0) is 18.5. The Balaban J connectivity index is 1.49. The van der Waals surface area contributed by atoms with Crippen LogP contribution >= 0.6 is 11.8 Å². The fourth-order valence-corrected chi connectivity index (χ4v) is 3.50. The van der Waals surface area contributed by atoms with Gasteiger partial charge in [0.15, 0.2) is 0 Å². The summed E-state index contributed by atoms with van der Waals surface area (Å²) in [6, 6.07) is 11.0. The minimum absolute atomic E-state index is 0.242. The Bertz CT molecular complexity index is 811. The number of hydrogen-bond acceptors (Lipinski definition) is 5. The lowest BCUT2D eigenvalue weighted by molar-refractivity contribution is -0.118. The highest BCUT2D eigenvalue weighted by atomic mass is 32.2. The molecule has 0 spiro atoms. The summed E-state index contributed by atoms with van der Waals surface area (Å²) in [6.07, 6.45) is 1.64. The highest BCUT2D eigenvalue weighted by Crippen LogP contribution is 2.24. The van der Waals surface area contributed by atoms with E-state index in [1.807, 2.05) is 37.3 Å². The van der Waals surface area contributed by atoms with Gasteiger partial charge in [-0.15, -0.1) is 0 Å². The predicted molar refractivity (Wildman–Crippen MR) is 97.8 cm³/mol. The molecule has 1 saturated heterocycles. The average Bonchev–Trinajstić information content (AvgIpc) is 2.94. The van der Waals surface area contributed by atoms with Crippen molar-refractivity contribution in [3.8, 4) is 5.75 Å². The van der Waals surface area contributed by atoms with Gasteiger partial charge in [0.25, 0.3) is 5.24 Å². The van der Waals surface area contributed by atoms with E-state index in [4.69, 9.17) is 4.74 Å². The van der Waals surface area contributed by atoms with Gasteiger partial charge in [0.1, 0.15) is 5.75 Å². The number of rotatable bonds is 7. The number of nitrogens with zero attached hydrogens (tertiary/aromatic N) is 1. The first-order valence-electron chi connectivity index (χ1n) is 8.42. The molecule has 1 atom stereocenters. The number of carbonyl (C=O) groups excluding carboxylic acids is 2. The predicted octanol–water partition coefficient (Wildman–Crippen LogP) is 3.30. The normalized spacial score (nSPS) is 16.6. The Labute approximate surface area is 155 Å². The number of amides is 2. The molecule has 26 heavy (non-hydrogen) atoms. The number of imide groups is 1. The molecule has 1 fully saturated rings. The minimum atomic E-state index is -0.415. The van der Waals surface area contributed by atoms with Crippen molar-refractivity contribution in [3.05, 3.63) is 59.2 Å². The molecule has 1 aromatic carbocycles. The molecule has 7 heteroatoms. The summed E-state index contributed by atoms with van der Waals surface area (Å²) in [6.45, 7) is 2.29. The molecule has 3 rings (SSSR count). The fraction of sp³-hybridized carbons (Fsp3) is 0.316. The van der Waals surface area contributed by atoms with E-state index >= 15 is 0 Å². The van der Waals surface area contributed by atoms with Gasteiger partial charge < -0.3 is 4.74 Å². The highest BCUT2D eigenvalue weighted by molar-refractivity contribution is 8.15. The molecule has 1 aromatic heterocycles. The van der Waals surface area contributed by atoms with Gasteiger partial charge in [-0.3, -0.25) is 14.9 Å². The van der Waals surface area contributed by atoms with Gasteiger partial charge in [0.2, 0.25) is 11.9 Å². The van der Waals surface area contributed by atoms with Crippen molar-refractivity contribution in [2.24, 2.45) is 0 Å². The van der Waals surface area contributed by atoms with Gasteiger partial charge in [0.05, 0.1) is 11.9 Å². The summed E-state index contributed by atoms with van der Waals surface area (Å²) in [5.74, 6) is 0.0369. The quantitative estimate of drug-likeness (QED) is 0.753. The van der Waals surface area contributed by atoms with Crippen molar-refractivity contribution in [2.45, 2.75) is 31.4 Å². The highest BCUT2D eigenvalue weighted by Gasteiger charge is 2.31. The Hall–Kier alpha value is -2.41. The topological polar surface area (TPSA) is 68.3 Å². The lowest BCUT2D eigenvalue weighted by Gasteiger charge is -2.09. The van der Waals surface area contributed by atoms with Crippen molar-refractivity contribution in [3.63, 3.8) is 0 Å². The fourth-order valence-electron chi connectivity index (χ4n) is 2.64. The second-order valence-electron chi connectivity index (χ2n) is 5.94. The maximum atomic E-state index is 13.7. The third-order valence-electron chi connectivity index (χ3n) is 4.10. The summed E-state index contributed by atoms with van der Waals surface area (Å²) in [5, 5.41) is 1.61. The maximum absolute atomic E-state index is 13.7. The van der Waals surface area contributed by atoms with Crippen molar-refractivity contribution in [2.75, 3.05) is 6.61 Å².